The van der Waals surface area contributed by atoms with Gasteiger partial charge in [-0.3, -0.25) is 9.36 Å². The number of benzene rings is 1. The largest absolute Gasteiger partial charge is 0.299 e. The summed E-state index contributed by atoms with van der Waals surface area (Å²) in [5.74, 6) is 0.998. The molecule has 0 bridgehead atoms. The lowest BCUT2D eigenvalue weighted by Gasteiger charge is -2.06. The molecule has 0 fully saturated rings. The first-order chi connectivity index (χ1) is 10.3. The molecule has 0 aliphatic heterocycles. The van der Waals surface area contributed by atoms with Crippen LogP contribution in [0.5, 0.6) is 0 Å². The van der Waals surface area contributed by atoms with Gasteiger partial charge in [0.15, 0.2) is 0 Å². The molecule has 0 saturated heterocycles. The van der Waals surface area contributed by atoms with E-state index in [0.29, 0.717) is 5.39 Å². The first-order valence-electron chi connectivity index (χ1n) is 7.88. The van der Waals surface area contributed by atoms with Gasteiger partial charge in [0.05, 0.1) is 17.2 Å². The van der Waals surface area contributed by atoms with Crippen LogP contribution in [0.25, 0.3) is 10.9 Å². The van der Waals surface area contributed by atoms with Gasteiger partial charge in [0.25, 0.3) is 5.56 Å². The van der Waals surface area contributed by atoms with Crippen LogP contribution < -0.4 is 5.56 Å². The highest BCUT2D eigenvalue weighted by Gasteiger charge is 2.02. The fourth-order valence-corrected chi connectivity index (χ4v) is 2.77. The second kappa shape index (κ2) is 8.88. The average Bonchev–Trinajstić information content (AvgIpc) is 2.52. The Balaban J connectivity index is 1.76. The molecule has 0 unspecified atom stereocenters. The number of aryl methyl sites for hydroxylation is 1. The van der Waals surface area contributed by atoms with Gasteiger partial charge >= 0.3 is 0 Å². The average molecular weight is 304 g/mol. The summed E-state index contributed by atoms with van der Waals surface area (Å²) >= 11 is 4.22. The maximum atomic E-state index is 12.3. The fraction of sp³-hybridized carbons (Fsp3) is 0.529. The number of para-hydroxylation sites is 1. The van der Waals surface area contributed by atoms with Crippen molar-refractivity contribution in [3.63, 3.8) is 0 Å². The Morgan fingerprint density at radius 3 is 2.38 bits per heavy atom. The number of hydrogen-bond donors (Lipinski definition) is 1. The molecule has 0 amide bonds. The van der Waals surface area contributed by atoms with Crippen molar-refractivity contribution in [2.24, 2.45) is 0 Å². The quantitative estimate of drug-likeness (QED) is 0.560. The van der Waals surface area contributed by atoms with Gasteiger partial charge < -0.3 is 0 Å². The Hall–Kier alpha value is -1.29. The maximum absolute atomic E-state index is 12.3. The minimum absolute atomic E-state index is 0.0781. The third-order valence-corrected chi connectivity index (χ3v) is 4.10. The van der Waals surface area contributed by atoms with E-state index in [2.05, 4.69) is 17.6 Å². The van der Waals surface area contributed by atoms with Crippen LogP contribution in [0.4, 0.5) is 0 Å². The summed E-state index contributed by atoms with van der Waals surface area (Å²) in [7, 11) is 0. The summed E-state index contributed by atoms with van der Waals surface area (Å²) in [5.41, 5.74) is 0.859. The summed E-state index contributed by atoms with van der Waals surface area (Å²) in [6.45, 7) is 0.771. The SMILES string of the molecule is O=c1c2ccccc2ncn1CCCCCCCCCS. The van der Waals surface area contributed by atoms with Crippen molar-refractivity contribution in [3.05, 3.63) is 40.9 Å². The Morgan fingerprint density at radius 2 is 1.62 bits per heavy atom. The minimum atomic E-state index is 0.0781. The zero-order valence-electron chi connectivity index (χ0n) is 12.5. The third kappa shape index (κ3) is 4.88. The number of thiol groups is 1. The second-order valence-corrected chi connectivity index (χ2v) is 5.91. The van der Waals surface area contributed by atoms with Crippen LogP contribution in [0.2, 0.25) is 0 Å². The van der Waals surface area contributed by atoms with Crippen LogP contribution in [0.3, 0.4) is 0 Å². The molecule has 1 aromatic heterocycles. The molecule has 4 heteroatoms. The minimum Gasteiger partial charge on any atom is -0.299 e. The van der Waals surface area contributed by atoms with Gasteiger partial charge in [-0.15, -0.1) is 0 Å². The zero-order chi connectivity index (χ0) is 14.9. The number of unbranched alkanes of at least 4 members (excludes halogenated alkanes) is 6. The Labute approximate surface area is 131 Å². The summed E-state index contributed by atoms with van der Waals surface area (Å²) in [4.78, 5) is 16.6. The molecule has 0 radical (unpaired) electrons. The molecular weight excluding hydrogens is 280 g/mol. The zero-order valence-corrected chi connectivity index (χ0v) is 13.4. The molecule has 1 heterocycles. The predicted molar refractivity (Wildman–Crippen MR) is 92.2 cm³/mol. The molecule has 2 rings (SSSR count). The monoisotopic (exact) mass is 304 g/mol. The van der Waals surface area contributed by atoms with Gasteiger partial charge in [-0.1, -0.05) is 44.2 Å². The van der Waals surface area contributed by atoms with Gasteiger partial charge in [-0.2, -0.15) is 12.6 Å². The lowest BCUT2D eigenvalue weighted by Crippen LogP contribution is -2.20. The molecule has 21 heavy (non-hydrogen) atoms. The number of hydrogen-bond acceptors (Lipinski definition) is 3. The molecule has 0 aliphatic rings. The van der Waals surface area contributed by atoms with E-state index >= 15 is 0 Å². The van der Waals surface area contributed by atoms with Crippen LogP contribution in [0, 0.1) is 0 Å². The van der Waals surface area contributed by atoms with Crippen molar-refractivity contribution >= 4 is 23.5 Å². The molecule has 2 aromatic rings. The molecular formula is C17H24N2OS. The van der Waals surface area contributed by atoms with E-state index in [0.717, 1.165) is 24.2 Å². The summed E-state index contributed by atoms with van der Waals surface area (Å²) in [6.07, 6.45) is 10.3. The van der Waals surface area contributed by atoms with Crippen LogP contribution in [0.15, 0.2) is 35.4 Å². The molecule has 3 nitrogen and oxygen atoms in total. The topological polar surface area (TPSA) is 34.9 Å². The lowest BCUT2D eigenvalue weighted by molar-refractivity contribution is 0.542. The Bertz CT molecular complexity index is 609. The van der Waals surface area contributed by atoms with Gasteiger partial charge in [0, 0.05) is 6.54 Å². The van der Waals surface area contributed by atoms with Crippen molar-refractivity contribution < 1.29 is 0 Å². The fourth-order valence-electron chi connectivity index (χ4n) is 2.54. The van der Waals surface area contributed by atoms with Crippen molar-refractivity contribution in [2.75, 3.05) is 5.75 Å². The van der Waals surface area contributed by atoms with Crippen molar-refractivity contribution in [2.45, 2.75) is 51.5 Å². The number of nitrogens with zero attached hydrogens (tertiary/aromatic N) is 2. The van der Waals surface area contributed by atoms with E-state index in [1.807, 2.05) is 24.3 Å². The molecule has 0 saturated carbocycles. The highest BCUT2D eigenvalue weighted by atomic mass is 32.1. The van der Waals surface area contributed by atoms with Gasteiger partial charge in [0.1, 0.15) is 0 Å². The van der Waals surface area contributed by atoms with E-state index in [4.69, 9.17) is 0 Å². The van der Waals surface area contributed by atoms with Gasteiger partial charge in [0.2, 0.25) is 0 Å². The van der Waals surface area contributed by atoms with E-state index in [9.17, 15) is 4.79 Å². The summed E-state index contributed by atoms with van der Waals surface area (Å²) in [5, 5.41) is 0.715. The first kappa shape index (κ1) is 16.1. The van der Waals surface area contributed by atoms with Crippen molar-refractivity contribution in [1.29, 1.82) is 0 Å². The number of aromatic nitrogens is 2. The predicted octanol–water partition coefficient (Wildman–Crippen LogP) is 4.06. The van der Waals surface area contributed by atoms with Crippen molar-refractivity contribution in [1.82, 2.24) is 9.55 Å². The van der Waals surface area contributed by atoms with Crippen LogP contribution >= 0.6 is 12.6 Å². The van der Waals surface area contributed by atoms with Crippen LogP contribution in [-0.4, -0.2) is 15.3 Å². The first-order valence-corrected chi connectivity index (χ1v) is 8.51. The second-order valence-electron chi connectivity index (χ2n) is 5.46. The Morgan fingerprint density at radius 1 is 0.952 bits per heavy atom. The van der Waals surface area contributed by atoms with E-state index in [1.165, 1.54) is 38.5 Å². The van der Waals surface area contributed by atoms with Gasteiger partial charge in [-0.05, 0) is 30.7 Å². The lowest BCUT2D eigenvalue weighted by atomic mass is 10.1. The van der Waals surface area contributed by atoms with Gasteiger partial charge in [-0.25, -0.2) is 4.98 Å². The standard InChI is InChI=1S/C17H24N2OS/c20-17-15-10-6-7-11-16(15)18-14-19(17)12-8-4-2-1-3-5-9-13-21/h6-7,10-11,14,21H,1-5,8-9,12-13H2. The molecule has 0 aliphatic carbocycles. The van der Waals surface area contributed by atoms with E-state index in [1.54, 1.807) is 10.9 Å². The van der Waals surface area contributed by atoms with E-state index < -0.39 is 0 Å². The highest BCUT2D eigenvalue weighted by molar-refractivity contribution is 7.80. The molecule has 114 valence electrons. The Kier molecular flexibility index (Phi) is 6.80. The molecule has 1 aromatic carbocycles. The highest BCUT2D eigenvalue weighted by Crippen LogP contribution is 2.09. The molecule has 0 atom stereocenters. The summed E-state index contributed by atoms with van der Waals surface area (Å²) < 4.78 is 1.74. The molecule has 0 spiro atoms. The van der Waals surface area contributed by atoms with Crippen LogP contribution in [-0.2, 0) is 6.54 Å². The number of fused-ring (bicyclic) bond motifs is 1. The third-order valence-electron chi connectivity index (χ3n) is 3.79. The normalized spacial score (nSPS) is 11.1. The smallest absolute Gasteiger partial charge is 0.261 e. The molecule has 0 N–H and O–H groups in total. The summed E-state index contributed by atoms with van der Waals surface area (Å²) in [6, 6.07) is 7.53. The van der Waals surface area contributed by atoms with Crippen LogP contribution in [0.1, 0.15) is 44.9 Å². The van der Waals surface area contributed by atoms with Crippen molar-refractivity contribution in [3.8, 4) is 0 Å². The maximum Gasteiger partial charge on any atom is 0.261 e. The van der Waals surface area contributed by atoms with E-state index in [-0.39, 0.29) is 5.56 Å². The number of rotatable bonds is 9.